The van der Waals surface area contributed by atoms with Gasteiger partial charge in [-0.05, 0) is 56.8 Å². The number of piperidine rings is 1. The summed E-state index contributed by atoms with van der Waals surface area (Å²) >= 11 is 0. The first-order valence-corrected chi connectivity index (χ1v) is 7.79. The SMILES string of the molecule is CCN(CC)c1ccc(CN2CCC[C@H](C)C2)cc1. The summed E-state index contributed by atoms with van der Waals surface area (Å²) in [6, 6.07) is 9.14. The molecule has 0 aliphatic carbocycles. The highest BCUT2D eigenvalue weighted by atomic mass is 15.1. The summed E-state index contributed by atoms with van der Waals surface area (Å²) in [7, 11) is 0. The van der Waals surface area contributed by atoms with Crippen LogP contribution in [0.5, 0.6) is 0 Å². The van der Waals surface area contributed by atoms with Crippen molar-refractivity contribution in [3.63, 3.8) is 0 Å². The molecule has 0 amide bonds. The predicted octanol–water partition coefficient (Wildman–Crippen LogP) is 3.76. The van der Waals surface area contributed by atoms with E-state index in [9.17, 15) is 0 Å². The molecule has 0 spiro atoms. The lowest BCUT2D eigenvalue weighted by molar-refractivity contribution is 0.176. The lowest BCUT2D eigenvalue weighted by atomic mass is 10.00. The Labute approximate surface area is 118 Å². The van der Waals surface area contributed by atoms with E-state index < -0.39 is 0 Å². The van der Waals surface area contributed by atoms with Crippen LogP contribution in [-0.2, 0) is 6.54 Å². The summed E-state index contributed by atoms with van der Waals surface area (Å²) in [4.78, 5) is 4.99. The molecule has 0 N–H and O–H groups in total. The van der Waals surface area contributed by atoms with Gasteiger partial charge in [-0.1, -0.05) is 19.1 Å². The van der Waals surface area contributed by atoms with Crippen molar-refractivity contribution < 1.29 is 0 Å². The Hall–Kier alpha value is -1.02. The Morgan fingerprint density at radius 2 is 1.84 bits per heavy atom. The highest BCUT2D eigenvalue weighted by molar-refractivity contribution is 5.47. The van der Waals surface area contributed by atoms with Gasteiger partial charge in [-0.3, -0.25) is 4.90 Å². The van der Waals surface area contributed by atoms with Gasteiger partial charge in [0.05, 0.1) is 0 Å². The van der Waals surface area contributed by atoms with E-state index >= 15 is 0 Å². The molecule has 0 aromatic heterocycles. The second kappa shape index (κ2) is 6.95. The quantitative estimate of drug-likeness (QED) is 0.795. The lowest BCUT2D eigenvalue weighted by Crippen LogP contribution is -2.33. The van der Waals surface area contributed by atoms with E-state index in [-0.39, 0.29) is 0 Å². The summed E-state index contributed by atoms with van der Waals surface area (Å²) in [5.41, 5.74) is 2.80. The molecule has 0 radical (unpaired) electrons. The minimum Gasteiger partial charge on any atom is -0.372 e. The Morgan fingerprint density at radius 1 is 1.16 bits per heavy atom. The Bertz CT molecular complexity index is 367. The average molecular weight is 260 g/mol. The second-order valence-electron chi connectivity index (χ2n) is 5.82. The summed E-state index contributed by atoms with van der Waals surface area (Å²) in [6.07, 6.45) is 2.76. The fraction of sp³-hybridized carbons (Fsp3) is 0.647. The van der Waals surface area contributed by atoms with Gasteiger partial charge >= 0.3 is 0 Å². The number of hydrogen-bond acceptors (Lipinski definition) is 2. The molecule has 2 rings (SSSR count). The van der Waals surface area contributed by atoms with E-state index in [1.54, 1.807) is 0 Å². The zero-order valence-corrected chi connectivity index (χ0v) is 12.7. The van der Waals surface area contributed by atoms with Crippen LogP contribution in [0.1, 0.15) is 39.2 Å². The summed E-state index contributed by atoms with van der Waals surface area (Å²) < 4.78 is 0. The monoisotopic (exact) mass is 260 g/mol. The van der Waals surface area contributed by atoms with Gasteiger partial charge in [-0.2, -0.15) is 0 Å². The van der Waals surface area contributed by atoms with Gasteiger partial charge in [0.15, 0.2) is 0 Å². The fourth-order valence-corrected chi connectivity index (χ4v) is 3.09. The molecule has 2 heteroatoms. The van der Waals surface area contributed by atoms with Crippen LogP contribution in [0.3, 0.4) is 0 Å². The Morgan fingerprint density at radius 3 is 2.42 bits per heavy atom. The molecule has 1 atom stereocenters. The third kappa shape index (κ3) is 3.97. The highest BCUT2D eigenvalue weighted by Crippen LogP contribution is 2.20. The number of benzene rings is 1. The van der Waals surface area contributed by atoms with Crippen molar-refractivity contribution in [2.24, 2.45) is 5.92 Å². The molecule has 19 heavy (non-hydrogen) atoms. The van der Waals surface area contributed by atoms with Crippen LogP contribution in [0.2, 0.25) is 0 Å². The molecule has 0 bridgehead atoms. The normalized spacial score (nSPS) is 20.5. The lowest BCUT2D eigenvalue weighted by Gasteiger charge is -2.31. The third-order valence-corrected chi connectivity index (χ3v) is 4.21. The minimum absolute atomic E-state index is 0.865. The number of hydrogen-bond donors (Lipinski definition) is 0. The first-order valence-electron chi connectivity index (χ1n) is 7.79. The topological polar surface area (TPSA) is 6.48 Å². The van der Waals surface area contributed by atoms with Crippen molar-refractivity contribution in [3.05, 3.63) is 29.8 Å². The molecule has 106 valence electrons. The van der Waals surface area contributed by atoms with Crippen LogP contribution in [0.4, 0.5) is 5.69 Å². The maximum Gasteiger partial charge on any atom is 0.0366 e. The second-order valence-corrected chi connectivity index (χ2v) is 5.82. The summed E-state index contributed by atoms with van der Waals surface area (Å²) in [5, 5.41) is 0. The van der Waals surface area contributed by atoms with Crippen molar-refractivity contribution in [2.45, 2.75) is 40.2 Å². The van der Waals surface area contributed by atoms with Gasteiger partial charge in [0.2, 0.25) is 0 Å². The first kappa shape index (κ1) is 14.4. The summed E-state index contributed by atoms with van der Waals surface area (Å²) in [5.74, 6) is 0.865. The van der Waals surface area contributed by atoms with Gasteiger partial charge < -0.3 is 4.90 Å². The number of likely N-dealkylation sites (tertiary alicyclic amines) is 1. The Balaban J connectivity index is 1.94. The summed E-state index contributed by atoms with van der Waals surface area (Å²) in [6.45, 7) is 12.6. The largest absolute Gasteiger partial charge is 0.372 e. The average Bonchev–Trinajstić information content (AvgIpc) is 2.42. The van der Waals surface area contributed by atoms with Crippen molar-refractivity contribution in [1.82, 2.24) is 4.90 Å². The molecule has 1 aliphatic heterocycles. The standard InChI is InChI=1S/C17H28N2/c1-4-19(5-2)17-10-8-16(9-11-17)14-18-12-6-7-15(3)13-18/h8-11,15H,4-7,12-14H2,1-3H3/t15-/m0/s1. The molecule has 1 aliphatic rings. The molecule has 2 nitrogen and oxygen atoms in total. The van der Waals surface area contributed by atoms with E-state index in [2.05, 4.69) is 54.8 Å². The zero-order valence-electron chi connectivity index (χ0n) is 12.7. The molecule has 1 saturated heterocycles. The van der Waals surface area contributed by atoms with Crippen LogP contribution in [0, 0.1) is 5.92 Å². The van der Waals surface area contributed by atoms with Crippen molar-refractivity contribution >= 4 is 5.69 Å². The predicted molar refractivity (Wildman–Crippen MR) is 83.7 cm³/mol. The number of anilines is 1. The highest BCUT2D eigenvalue weighted by Gasteiger charge is 2.16. The van der Waals surface area contributed by atoms with Crippen LogP contribution in [0.25, 0.3) is 0 Å². The van der Waals surface area contributed by atoms with E-state index in [0.29, 0.717) is 0 Å². The molecule has 0 unspecified atom stereocenters. The van der Waals surface area contributed by atoms with E-state index in [4.69, 9.17) is 0 Å². The first-order chi connectivity index (χ1) is 9.22. The van der Waals surface area contributed by atoms with Crippen molar-refractivity contribution in [2.75, 3.05) is 31.1 Å². The minimum atomic E-state index is 0.865. The van der Waals surface area contributed by atoms with Crippen molar-refractivity contribution in [3.8, 4) is 0 Å². The van der Waals surface area contributed by atoms with Crippen LogP contribution < -0.4 is 4.90 Å². The fourth-order valence-electron chi connectivity index (χ4n) is 3.09. The molecule has 0 saturated carbocycles. The van der Waals surface area contributed by atoms with E-state index in [0.717, 1.165) is 25.6 Å². The number of nitrogens with zero attached hydrogens (tertiary/aromatic N) is 2. The zero-order chi connectivity index (χ0) is 13.7. The Kier molecular flexibility index (Phi) is 5.26. The smallest absolute Gasteiger partial charge is 0.0366 e. The van der Waals surface area contributed by atoms with Gasteiger partial charge in [0.25, 0.3) is 0 Å². The van der Waals surface area contributed by atoms with Gasteiger partial charge in [0, 0.05) is 31.9 Å². The van der Waals surface area contributed by atoms with Gasteiger partial charge in [-0.15, -0.1) is 0 Å². The molecular formula is C17H28N2. The molecule has 1 fully saturated rings. The number of rotatable bonds is 5. The maximum absolute atomic E-state index is 2.60. The van der Waals surface area contributed by atoms with Crippen LogP contribution >= 0.6 is 0 Å². The molecule has 1 aromatic carbocycles. The van der Waals surface area contributed by atoms with Crippen LogP contribution in [-0.4, -0.2) is 31.1 Å². The third-order valence-electron chi connectivity index (χ3n) is 4.21. The molecular weight excluding hydrogens is 232 g/mol. The molecule has 1 aromatic rings. The van der Waals surface area contributed by atoms with Crippen LogP contribution in [0.15, 0.2) is 24.3 Å². The van der Waals surface area contributed by atoms with Crippen molar-refractivity contribution in [1.29, 1.82) is 0 Å². The maximum atomic E-state index is 2.60. The van der Waals surface area contributed by atoms with E-state index in [1.807, 2.05) is 0 Å². The van der Waals surface area contributed by atoms with E-state index in [1.165, 1.54) is 37.2 Å². The van der Waals surface area contributed by atoms with Gasteiger partial charge in [0.1, 0.15) is 0 Å². The van der Waals surface area contributed by atoms with Gasteiger partial charge in [-0.25, -0.2) is 0 Å². The molecule has 1 heterocycles.